The summed E-state index contributed by atoms with van der Waals surface area (Å²) >= 11 is 3.64. The number of nitrogens with two attached hydrogens (primary N) is 1. The number of unbranched alkanes of at least 4 members (excludes halogenated alkanes) is 1. The lowest BCUT2D eigenvalue weighted by Crippen LogP contribution is -2.19. The van der Waals surface area contributed by atoms with Gasteiger partial charge in [0.1, 0.15) is 11.6 Å². The fourth-order valence-corrected chi connectivity index (χ4v) is 2.54. The summed E-state index contributed by atoms with van der Waals surface area (Å²) in [7, 11) is 0. The van der Waals surface area contributed by atoms with E-state index in [1.165, 1.54) is 32.1 Å². The average molecular weight is 327 g/mol. The van der Waals surface area contributed by atoms with Crippen LogP contribution in [-0.4, -0.2) is 23.1 Å². The van der Waals surface area contributed by atoms with Gasteiger partial charge in [0, 0.05) is 5.56 Å². The molecule has 0 heterocycles. The molecule has 0 radical (unpaired) electrons. The summed E-state index contributed by atoms with van der Waals surface area (Å²) in [5, 5.41) is 0. The molecule has 5 heteroatoms. The molecule has 0 bridgehead atoms. The average Bonchev–Trinajstić information content (AvgIpc) is 2.58. The van der Waals surface area contributed by atoms with Gasteiger partial charge in [0.25, 0.3) is 0 Å². The Morgan fingerprint density at radius 3 is 2.45 bits per heavy atom. The van der Waals surface area contributed by atoms with E-state index in [1.54, 1.807) is 0 Å². The van der Waals surface area contributed by atoms with Gasteiger partial charge >= 0.3 is 0 Å². The minimum atomic E-state index is 0.421. The SMILES string of the molecule is CCCCOc1ccc(C(N)=NC2CCCCC2)cc1.OCl. The van der Waals surface area contributed by atoms with Crippen molar-refractivity contribution in [3.05, 3.63) is 29.8 Å². The molecule has 0 saturated heterocycles. The zero-order valence-electron chi connectivity index (χ0n) is 13.3. The standard InChI is InChI=1S/C17H26N2O.ClHO/c1-2-3-13-20-16-11-9-14(10-12-16)17(18)19-15-7-5-4-6-8-15;1-2/h9-12,15H,2-8,13H2,1H3,(H2,18,19);2H. The maximum atomic E-state index is 6.47. The molecule has 22 heavy (non-hydrogen) atoms. The first kappa shape index (κ1) is 18.8. The van der Waals surface area contributed by atoms with E-state index in [9.17, 15) is 0 Å². The summed E-state index contributed by atoms with van der Waals surface area (Å²) in [4.78, 5) is 4.66. The zero-order valence-corrected chi connectivity index (χ0v) is 14.1. The first-order valence-corrected chi connectivity index (χ1v) is 8.37. The number of ether oxygens (including phenoxy) is 1. The van der Waals surface area contributed by atoms with Gasteiger partial charge < -0.3 is 10.5 Å². The van der Waals surface area contributed by atoms with Gasteiger partial charge in [0.2, 0.25) is 0 Å². The fraction of sp³-hybridized carbons (Fsp3) is 0.588. The lowest BCUT2D eigenvalue weighted by atomic mass is 9.96. The molecule has 1 aliphatic rings. The van der Waals surface area contributed by atoms with Crippen LogP contribution >= 0.6 is 11.9 Å². The van der Waals surface area contributed by atoms with E-state index >= 15 is 0 Å². The van der Waals surface area contributed by atoms with Gasteiger partial charge in [-0.1, -0.05) is 32.6 Å². The number of halogens is 1. The van der Waals surface area contributed by atoms with Crippen molar-refractivity contribution in [1.29, 1.82) is 0 Å². The van der Waals surface area contributed by atoms with Crippen molar-refractivity contribution >= 4 is 17.7 Å². The molecule has 3 N–H and O–H groups in total. The number of rotatable bonds is 6. The highest BCUT2D eigenvalue weighted by Crippen LogP contribution is 2.21. The molecule has 2 rings (SSSR count). The first-order valence-electron chi connectivity index (χ1n) is 8.03. The molecular formula is C17H27ClN2O2. The Kier molecular flexibility index (Phi) is 9.67. The van der Waals surface area contributed by atoms with E-state index in [-0.39, 0.29) is 0 Å². The van der Waals surface area contributed by atoms with Gasteiger partial charge in [0.05, 0.1) is 24.5 Å². The quantitative estimate of drug-likeness (QED) is 0.471. The number of aliphatic imine (C=N–C) groups is 1. The Labute approximate surface area is 138 Å². The number of hydrogen-bond donors (Lipinski definition) is 2. The minimum absolute atomic E-state index is 0.421. The van der Waals surface area contributed by atoms with Crippen LogP contribution in [0, 0.1) is 0 Å². The Balaban J connectivity index is 0.00000116. The van der Waals surface area contributed by atoms with Gasteiger partial charge in [-0.15, -0.1) is 0 Å². The number of benzene rings is 1. The number of hydrogen-bond acceptors (Lipinski definition) is 3. The molecule has 0 unspecified atom stereocenters. The largest absolute Gasteiger partial charge is 0.494 e. The fourth-order valence-electron chi connectivity index (χ4n) is 2.54. The molecule has 1 aromatic rings. The summed E-state index contributed by atoms with van der Waals surface area (Å²) < 4.78 is 12.1. The van der Waals surface area contributed by atoms with E-state index in [0.717, 1.165) is 30.8 Å². The molecule has 4 nitrogen and oxygen atoms in total. The summed E-state index contributed by atoms with van der Waals surface area (Å²) in [6, 6.07) is 8.39. The van der Waals surface area contributed by atoms with Crippen molar-refractivity contribution in [2.75, 3.05) is 6.61 Å². The summed E-state index contributed by atoms with van der Waals surface area (Å²) in [6.45, 7) is 2.94. The number of amidine groups is 1. The van der Waals surface area contributed by atoms with Crippen LogP contribution in [0.1, 0.15) is 57.4 Å². The predicted octanol–water partition coefficient (Wildman–Crippen LogP) is 4.04. The lowest BCUT2D eigenvalue weighted by Gasteiger charge is -2.18. The molecule has 0 spiro atoms. The van der Waals surface area contributed by atoms with Gasteiger partial charge in [-0.25, -0.2) is 0 Å². The number of nitrogens with zero attached hydrogens (tertiary/aromatic N) is 1. The van der Waals surface area contributed by atoms with Crippen LogP contribution < -0.4 is 10.5 Å². The normalized spacial score (nSPS) is 15.9. The Bertz CT molecular complexity index is 429. The van der Waals surface area contributed by atoms with E-state index in [1.807, 2.05) is 24.3 Å². The lowest BCUT2D eigenvalue weighted by molar-refractivity contribution is 0.309. The molecule has 0 aliphatic heterocycles. The minimum Gasteiger partial charge on any atom is -0.494 e. The van der Waals surface area contributed by atoms with E-state index < -0.39 is 0 Å². The summed E-state index contributed by atoms with van der Waals surface area (Å²) in [6.07, 6.45) is 8.51. The van der Waals surface area contributed by atoms with Gasteiger partial charge in [-0.2, -0.15) is 0 Å². The molecule has 0 atom stereocenters. The van der Waals surface area contributed by atoms with Crippen molar-refractivity contribution in [3.8, 4) is 5.75 Å². The van der Waals surface area contributed by atoms with Gasteiger partial charge in [-0.3, -0.25) is 9.65 Å². The highest BCUT2D eigenvalue weighted by molar-refractivity contribution is 6.04. The van der Waals surface area contributed by atoms with Crippen molar-refractivity contribution < 1.29 is 9.40 Å². The Hall–Kier alpha value is -1.26. The van der Waals surface area contributed by atoms with Crippen LogP contribution in [0.25, 0.3) is 0 Å². The smallest absolute Gasteiger partial charge is 0.125 e. The van der Waals surface area contributed by atoms with Gasteiger partial charge in [0.15, 0.2) is 0 Å². The van der Waals surface area contributed by atoms with Crippen LogP contribution in [0.15, 0.2) is 29.3 Å². The third-order valence-corrected chi connectivity index (χ3v) is 3.81. The third-order valence-electron chi connectivity index (χ3n) is 3.81. The topological polar surface area (TPSA) is 67.8 Å². The van der Waals surface area contributed by atoms with Crippen molar-refractivity contribution in [2.45, 2.75) is 57.9 Å². The maximum absolute atomic E-state index is 6.47. The predicted molar refractivity (Wildman–Crippen MR) is 92.5 cm³/mol. The molecule has 124 valence electrons. The van der Waals surface area contributed by atoms with Crippen molar-refractivity contribution in [3.63, 3.8) is 0 Å². The second kappa shape index (κ2) is 11.3. The molecule has 0 amide bonds. The highest BCUT2D eigenvalue weighted by atomic mass is 35.5. The third kappa shape index (κ3) is 6.67. The van der Waals surface area contributed by atoms with Crippen LogP contribution in [0.2, 0.25) is 0 Å². The van der Waals surface area contributed by atoms with Crippen molar-refractivity contribution in [1.82, 2.24) is 0 Å². The van der Waals surface area contributed by atoms with Crippen LogP contribution in [0.5, 0.6) is 5.75 Å². The van der Waals surface area contributed by atoms with E-state index in [2.05, 4.69) is 23.8 Å². The molecule has 1 aromatic carbocycles. The molecule has 1 aliphatic carbocycles. The summed E-state index contributed by atoms with van der Waals surface area (Å²) in [5.41, 5.74) is 7.11. The van der Waals surface area contributed by atoms with Crippen LogP contribution in [0.3, 0.4) is 0 Å². The van der Waals surface area contributed by atoms with Crippen LogP contribution in [0.4, 0.5) is 0 Å². The second-order valence-corrected chi connectivity index (χ2v) is 5.53. The Morgan fingerprint density at radius 1 is 1.23 bits per heavy atom. The molecule has 1 saturated carbocycles. The van der Waals surface area contributed by atoms with Gasteiger partial charge in [-0.05, 0) is 43.5 Å². The first-order chi connectivity index (χ1) is 10.8. The molecule has 1 fully saturated rings. The zero-order chi connectivity index (χ0) is 16.2. The molecular weight excluding hydrogens is 300 g/mol. The van der Waals surface area contributed by atoms with Crippen LogP contribution in [-0.2, 0) is 0 Å². The molecule has 0 aromatic heterocycles. The highest BCUT2D eigenvalue weighted by Gasteiger charge is 2.12. The van der Waals surface area contributed by atoms with E-state index in [0.29, 0.717) is 11.9 Å². The second-order valence-electron chi connectivity index (χ2n) is 5.53. The Morgan fingerprint density at radius 2 is 1.86 bits per heavy atom. The maximum Gasteiger partial charge on any atom is 0.125 e. The van der Waals surface area contributed by atoms with E-state index in [4.69, 9.17) is 15.1 Å². The van der Waals surface area contributed by atoms with Crippen molar-refractivity contribution in [2.24, 2.45) is 10.7 Å². The monoisotopic (exact) mass is 326 g/mol. The summed E-state index contributed by atoms with van der Waals surface area (Å²) in [5.74, 6) is 1.57.